The summed E-state index contributed by atoms with van der Waals surface area (Å²) < 4.78 is 0. The van der Waals surface area contributed by atoms with E-state index in [0.29, 0.717) is 18.7 Å². The van der Waals surface area contributed by atoms with Gasteiger partial charge in [-0.1, -0.05) is 12.1 Å². The number of hydrogen-bond acceptors (Lipinski definition) is 3. The van der Waals surface area contributed by atoms with Gasteiger partial charge in [-0.25, -0.2) is 0 Å². The summed E-state index contributed by atoms with van der Waals surface area (Å²) >= 11 is 0. The molecule has 0 atom stereocenters. The lowest BCUT2D eigenvalue weighted by Gasteiger charge is -2.16. The molecule has 2 amide bonds. The van der Waals surface area contributed by atoms with Crippen molar-refractivity contribution in [2.45, 2.75) is 13.0 Å². The summed E-state index contributed by atoms with van der Waals surface area (Å²) in [6.45, 7) is 0.777. The van der Waals surface area contributed by atoms with E-state index in [0.717, 1.165) is 5.56 Å². The first-order valence-corrected chi connectivity index (χ1v) is 5.37. The smallest absolute Gasteiger partial charge is 0.253 e. The zero-order valence-electron chi connectivity index (χ0n) is 9.85. The number of nitrogens with two attached hydrogens (primary N) is 2. The number of amides is 2. The van der Waals surface area contributed by atoms with Crippen molar-refractivity contribution in [1.29, 1.82) is 0 Å². The minimum Gasteiger partial charge on any atom is -0.370 e. The van der Waals surface area contributed by atoms with Crippen molar-refractivity contribution in [3.05, 3.63) is 35.4 Å². The summed E-state index contributed by atoms with van der Waals surface area (Å²) in [5.74, 6) is -0.544. The second-order valence-corrected chi connectivity index (χ2v) is 3.84. The van der Waals surface area contributed by atoms with Gasteiger partial charge in [0.05, 0.1) is 0 Å². The Morgan fingerprint density at radius 2 is 1.82 bits per heavy atom. The number of primary amides is 1. The van der Waals surface area contributed by atoms with E-state index < -0.39 is 5.91 Å². The second-order valence-electron chi connectivity index (χ2n) is 3.84. The Labute approximate surface area is 100 Å². The molecule has 0 saturated carbocycles. The summed E-state index contributed by atoms with van der Waals surface area (Å²) in [5.41, 5.74) is 12.0. The maximum Gasteiger partial charge on any atom is 0.253 e. The minimum atomic E-state index is -0.414. The topological polar surface area (TPSA) is 89.4 Å². The van der Waals surface area contributed by atoms with Crippen LogP contribution in [-0.4, -0.2) is 30.3 Å². The van der Waals surface area contributed by atoms with Crippen molar-refractivity contribution in [2.75, 3.05) is 13.6 Å². The average molecular weight is 235 g/mol. The molecule has 0 bridgehead atoms. The molecule has 0 fully saturated rings. The van der Waals surface area contributed by atoms with Crippen molar-refractivity contribution in [3.63, 3.8) is 0 Å². The lowest BCUT2D eigenvalue weighted by atomic mass is 10.1. The van der Waals surface area contributed by atoms with Crippen LogP contribution in [-0.2, 0) is 11.3 Å². The van der Waals surface area contributed by atoms with Crippen LogP contribution in [0.5, 0.6) is 0 Å². The monoisotopic (exact) mass is 235 g/mol. The molecule has 0 heterocycles. The van der Waals surface area contributed by atoms with E-state index in [-0.39, 0.29) is 12.3 Å². The van der Waals surface area contributed by atoms with Gasteiger partial charge in [-0.2, -0.15) is 0 Å². The zero-order chi connectivity index (χ0) is 12.8. The molecule has 17 heavy (non-hydrogen) atoms. The molecule has 0 aliphatic carbocycles. The van der Waals surface area contributed by atoms with Gasteiger partial charge in [-0.05, 0) is 17.7 Å². The molecule has 5 heteroatoms. The van der Waals surface area contributed by atoms with Gasteiger partial charge in [0.1, 0.15) is 0 Å². The fraction of sp³-hybridized carbons (Fsp3) is 0.333. The maximum absolute atomic E-state index is 11.9. The van der Waals surface area contributed by atoms with Gasteiger partial charge in [0.25, 0.3) is 5.91 Å². The highest BCUT2D eigenvalue weighted by Crippen LogP contribution is 2.06. The summed E-state index contributed by atoms with van der Waals surface area (Å²) in [5, 5.41) is 0. The van der Waals surface area contributed by atoms with Gasteiger partial charge in [-0.15, -0.1) is 0 Å². The van der Waals surface area contributed by atoms with Gasteiger partial charge in [-0.3, -0.25) is 9.59 Å². The first kappa shape index (κ1) is 13.2. The third kappa shape index (κ3) is 3.88. The van der Waals surface area contributed by atoms with Crippen molar-refractivity contribution in [3.8, 4) is 0 Å². The van der Waals surface area contributed by atoms with Gasteiger partial charge in [0.15, 0.2) is 0 Å². The molecule has 1 aromatic carbocycles. The van der Waals surface area contributed by atoms with Crippen LogP contribution in [0.2, 0.25) is 0 Å². The molecular weight excluding hydrogens is 218 g/mol. The molecule has 1 rings (SSSR count). The van der Waals surface area contributed by atoms with Crippen molar-refractivity contribution < 1.29 is 9.59 Å². The Morgan fingerprint density at radius 1 is 1.24 bits per heavy atom. The van der Waals surface area contributed by atoms with Gasteiger partial charge >= 0.3 is 0 Å². The zero-order valence-corrected chi connectivity index (χ0v) is 9.85. The number of rotatable bonds is 5. The third-order valence-corrected chi connectivity index (χ3v) is 2.48. The highest BCUT2D eigenvalue weighted by atomic mass is 16.2. The normalized spacial score (nSPS) is 10.0. The van der Waals surface area contributed by atoms with Crippen LogP contribution in [0.3, 0.4) is 0 Å². The van der Waals surface area contributed by atoms with Crippen LogP contribution < -0.4 is 11.5 Å². The van der Waals surface area contributed by atoms with Crippen LogP contribution in [0.4, 0.5) is 0 Å². The van der Waals surface area contributed by atoms with E-state index in [4.69, 9.17) is 11.5 Å². The third-order valence-electron chi connectivity index (χ3n) is 2.48. The van der Waals surface area contributed by atoms with Crippen LogP contribution in [0, 0.1) is 0 Å². The van der Waals surface area contributed by atoms with E-state index in [1.165, 1.54) is 4.90 Å². The van der Waals surface area contributed by atoms with Crippen LogP contribution in [0.1, 0.15) is 22.3 Å². The number of carbonyl (C=O) groups excluding carboxylic acids is 2. The SMILES string of the molecule is CN(CCC(N)=O)C(=O)c1ccc(CN)cc1. The molecule has 1 aromatic rings. The fourth-order valence-corrected chi connectivity index (χ4v) is 1.38. The minimum absolute atomic E-state index is 0.130. The highest BCUT2D eigenvalue weighted by Gasteiger charge is 2.11. The van der Waals surface area contributed by atoms with E-state index in [1.54, 1.807) is 19.2 Å². The molecule has 0 radical (unpaired) electrons. The largest absolute Gasteiger partial charge is 0.370 e. The van der Waals surface area contributed by atoms with Crippen LogP contribution >= 0.6 is 0 Å². The second kappa shape index (κ2) is 6.00. The fourth-order valence-electron chi connectivity index (χ4n) is 1.38. The first-order chi connectivity index (χ1) is 8.04. The Hall–Kier alpha value is -1.88. The van der Waals surface area contributed by atoms with E-state index >= 15 is 0 Å². The quantitative estimate of drug-likeness (QED) is 0.758. The van der Waals surface area contributed by atoms with E-state index in [9.17, 15) is 9.59 Å². The molecule has 0 aliphatic heterocycles. The summed E-state index contributed by atoms with van der Waals surface area (Å²) in [6, 6.07) is 7.08. The predicted molar refractivity (Wildman–Crippen MR) is 65.1 cm³/mol. The van der Waals surface area contributed by atoms with Crippen molar-refractivity contribution in [2.24, 2.45) is 11.5 Å². The molecule has 0 spiro atoms. The Balaban J connectivity index is 2.64. The molecule has 92 valence electrons. The van der Waals surface area contributed by atoms with Crippen molar-refractivity contribution in [1.82, 2.24) is 4.90 Å². The summed E-state index contributed by atoms with van der Waals surface area (Å²) in [6.07, 6.45) is 0.170. The molecule has 0 aromatic heterocycles. The highest BCUT2D eigenvalue weighted by molar-refractivity contribution is 5.94. The van der Waals surface area contributed by atoms with Gasteiger partial charge < -0.3 is 16.4 Å². The molecule has 0 unspecified atom stereocenters. The molecule has 0 aliphatic rings. The molecule has 5 nitrogen and oxygen atoms in total. The number of benzene rings is 1. The van der Waals surface area contributed by atoms with Crippen molar-refractivity contribution >= 4 is 11.8 Å². The average Bonchev–Trinajstić information content (AvgIpc) is 2.35. The van der Waals surface area contributed by atoms with E-state index in [1.807, 2.05) is 12.1 Å². The Bertz CT molecular complexity index is 401. The number of nitrogens with zero attached hydrogens (tertiary/aromatic N) is 1. The Morgan fingerprint density at radius 3 is 2.29 bits per heavy atom. The number of carbonyl (C=O) groups is 2. The Kier molecular flexibility index (Phi) is 4.66. The van der Waals surface area contributed by atoms with Crippen LogP contribution in [0.15, 0.2) is 24.3 Å². The van der Waals surface area contributed by atoms with E-state index in [2.05, 4.69) is 0 Å². The first-order valence-electron chi connectivity index (χ1n) is 5.37. The lowest BCUT2D eigenvalue weighted by Crippen LogP contribution is -2.30. The molecule has 4 N–H and O–H groups in total. The molecular formula is C12H17N3O2. The number of hydrogen-bond donors (Lipinski definition) is 2. The molecule has 0 saturated heterocycles. The maximum atomic E-state index is 11.9. The lowest BCUT2D eigenvalue weighted by molar-refractivity contribution is -0.118. The summed E-state index contributed by atoms with van der Waals surface area (Å²) in [4.78, 5) is 24.0. The van der Waals surface area contributed by atoms with Gasteiger partial charge in [0, 0.05) is 32.1 Å². The van der Waals surface area contributed by atoms with Gasteiger partial charge in [0.2, 0.25) is 5.91 Å². The predicted octanol–water partition coefficient (Wildman–Crippen LogP) is 0.0927. The standard InChI is InChI=1S/C12H17N3O2/c1-15(7-6-11(14)16)12(17)10-4-2-9(8-13)3-5-10/h2-5H,6-8,13H2,1H3,(H2,14,16). The van der Waals surface area contributed by atoms with Crippen LogP contribution in [0.25, 0.3) is 0 Å². The summed E-state index contributed by atoms with van der Waals surface area (Å²) in [7, 11) is 1.64.